The predicted molar refractivity (Wildman–Crippen MR) is 97.3 cm³/mol. The monoisotopic (exact) mass is 373 g/mol. The van der Waals surface area contributed by atoms with E-state index < -0.39 is 0 Å². The number of tetrazole rings is 1. The molecular formula is C15H24ClN5O2S. The van der Waals surface area contributed by atoms with Crippen LogP contribution in [0.3, 0.4) is 0 Å². The number of benzene rings is 1. The maximum Gasteiger partial charge on any atom is 0.209 e. The second-order valence-electron chi connectivity index (χ2n) is 4.76. The molecule has 1 heterocycles. The Morgan fingerprint density at radius 1 is 1.17 bits per heavy atom. The average molecular weight is 374 g/mol. The largest absolute Gasteiger partial charge is 0.490 e. The molecule has 0 fully saturated rings. The molecular weight excluding hydrogens is 350 g/mol. The molecule has 0 spiro atoms. The molecule has 2 rings (SSSR count). The highest BCUT2D eigenvalue weighted by Crippen LogP contribution is 2.28. The molecule has 7 nitrogen and oxygen atoms in total. The number of nitrogens with one attached hydrogen (secondary N) is 1. The van der Waals surface area contributed by atoms with Gasteiger partial charge in [-0.25, -0.2) is 4.68 Å². The van der Waals surface area contributed by atoms with Gasteiger partial charge in [-0.1, -0.05) is 17.8 Å². The van der Waals surface area contributed by atoms with Gasteiger partial charge in [0.05, 0.1) is 13.2 Å². The van der Waals surface area contributed by atoms with Gasteiger partial charge in [-0.05, 0) is 42.0 Å². The van der Waals surface area contributed by atoms with Gasteiger partial charge in [0.15, 0.2) is 11.5 Å². The lowest BCUT2D eigenvalue weighted by Gasteiger charge is -2.12. The molecule has 0 aliphatic carbocycles. The lowest BCUT2D eigenvalue weighted by molar-refractivity contribution is 0.287. The second-order valence-corrected chi connectivity index (χ2v) is 5.82. The molecule has 0 aliphatic rings. The van der Waals surface area contributed by atoms with Crippen LogP contribution in [0, 0.1) is 0 Å². The summed E-state index contributed by atoms with van der Waals surface area (Å²) in [6, 6.07) is 6.05. The molecule has 2 aromatic rings. The molecule has 1 aromatic carbocycles. The van der Waals surface area contributed by atoms with E-state index in [1.165, 1.54) is 5.56 Å². The minimum absolute atomic E-state index is 0. The first-order chi connectivity index (χ1) is 11.2. The summed E-state index contributed by atoms with van der Waals surface area (Å²) in [5, 5.41) is 15.6. The molecule has 0 saturated heterocycles. The van der Waals surface area contributed by atoms with Crippen molar-refractivity contribution in [3.8, 4) is 11.5 Å². The number of hydrogen-bond acceptors (Lipinski definition) is 7. The molecule has 24 heavy (non-hydrogen) atoms. The van der Waals surface area contributed by atoms with Gasteiger partial charge in [0.2, 0.25) is 5.16 Å². The number of hydrogen-bond donors (Lipinski definition) is 1. The fourth-order valence-corrected chi connectivity index (χ4v) is 2.74. The summed E-state index contributed by atoms with van der Waals surface area (Å²) < 4.78 is 12.9. The molecule has 0 aliphatic heterocycles. The van der Waals surface area contributed by atoms with E-state index in [4.69, 9.17) is 9.47 Å². The molecule has 1 aromatic heterocycles. The maximum absolute atomic E-state index is 5.64. The Morgan fingerprint density at radius 2 is 1.92 bits per heavy atom. The van der Waals surface area contributed by atoms with Crippen LogP contribution in [0.1, 0.15) is 19.4 Å². The quantitative estimate of drug-likeness (QED) is 0.506. The van der Waals surface area contributed by atoms with Gasteiger partial charge >= 0.3 is 0 Å². The van der Waals surface area contributed by atoms with Crippen LogP contribution in [0.5, 0.6) is 11.5 Å². The standard InChI is InChI=1S/C15H23N5O2S.ClH/c1-4-21-13-7-6-12(10-14(13)22-5-2)11-16-8-9-23-15-17-18-19-20(15)3;/h6-7,10,16H,4-5,8-9,11H2,1-3H3;1H. The van der Waals surface area contributed by atoms with Crippen LogP contribution in [0.15, 0.2) is 23.4 Å². The van der Waals surface area contributed by atoms with Crippen molar-refractivity contribution in [1.29, 1.82) is 0 Å². The molecule has 9 heteroatoms. The van der Waals surface area contributed by atoms with Gasteiger partial charge in [0, 0.05) is 25.9 Å². The predicted octanol–water partition coefficient (Wildman–Crippen LogP) is 2.31. The van der Waals surface area contributed by atoms with E-state index in [0.717, 1.165) is 35.5 Å². The van der Waals surface area contributed by atoms with Crippen LogP contribution in [0.2, 0.25) is 0 Å². The Balaban J connectivity index is 0.00000288. The van der Waals surface area contributed by atoms with Crippen molar-refractivity contribution in [2.75, 3.05) is 25.5 Å². The third kappa shape index (κ3) is 6.18. The summed E-state index contributed by atoms with van der Waals surface area (Å²) in [7, 11) is 1.84. The van der Waals surface area contributed by atoms with Crippen molar-refractivity contribution in [1.82, 2.24) is 25.5 Å². The van der Waals surface area contributed by atoms with E-state index in [2.05, 4.69) is 26.9 Å². The Morgan fingerprint density at radius 3 is 2.58 bits per heavy atom. The van der Waals surface area contributed by atoms with E-state index in [1.807, 2.05) is 33.0 Å². The van der Waals surface area contributed by atoms with Crippen molar-refractivity contribution >= 4 is 24.2 Å². The van der Waals surface area contributed by atoms with Crippen LogP contribution < -0.4 is 14.8 Å². The average Bonchev–Trinajstić information content (AvgIpc) is 2.95. The van der Waals surface area contributed by atoms with E-state index in [9.17, 15) is 0 Å². The van der Waals surface area contributed by atoms with Crippen molar-refractivity contribution in [2.24, 2.45) is 7.05 Å². The second kappa shape index (κ2) is 11.1. The van der Waals surface area contributed by atoms with E-state index >= 15 is 0 Å². The molecule has 0 unspecified atom stereocenters. The molecule has 0 amide bonds. The minimum atomic E-state index is 0. The highest BCUT2D eigenvalue weighted by Gasteiger charge is 2.06. The molecule has 1 N–H and O–H groups in total. The zero-order valence-electron chi connectivity index (χ0n) is 14.2. The zero-order chi connectivity index (χ0) is 16.5. The lowest BCUT2D eigenvalue weighted by Crippen LogP contribution is -2.17. The normalized spacial score (nSPS) is 10.3. The summed E-state index contributed by atoms with van der Waals surface area (Å²) in [5.74, 6) is 2.50. The number of thioether (sulfide) groups is 1. The minimum Gasteiger partial charge on any atom is -0.490 e. The fraction of sp³-hybridized carbons (Fsp3) is 0.533. The van der Waals surface area contributed by atoms with Gasteiger partial charge in [-0.15, -0.1) is 17.5 Å². The summed E-state index contributed by atoms with van der Waals surface area (Å²) in [4.78, 5) is 0. The third-order valence-electron chi connectivity index (χ3n) is 3.03. The first-order valence-corrected chi connectivity index (χ1v) is 8.67. The van der Waals surface area contributed by atoms with Gasteiger partial charge < -0.3 is 14.8 Å². The SMILES string of the molecule is CCOc1ccc(CNCCSc2nnnn2C)cc1OCC.Cl. The molecule has 0 saturated carbocycles. The fourth-order valence-electron chi connectivity index (χ4n) is 2.00. The van der Waals surface area contributed by atoms with Crippen LogP contribution in [-0.4, -0.2) is 45.7 Å². The van der Waals surface area contributed by atoms with Crippen LogP contribution >= 0.6 is 24.2 Å². The Hall–Kier alpha value is -1.51. The number of nitrogens with zero attached hydrogens (tertiary/aromatic N) is 4. The summed E-state index contributed by atoms with van der Waals surface area (Å²) >= 11 is 1.63. The van der Waals surface area contributed by atoms with Gasteiger partial charge in [-0.2, -0.15) is 0 Å². The molecule has 0 radical (unpaired) electrons. The molecule has 0 atom stereocenters. The summed E-state index contributed by atoms with van der Waals surface area (Å²) in [6.45, 7) is 6.85. The first-order valence-electron chi connectivity index (χ1n) is 7.69. The lowest BCUT2D eigenvalue weighted by atomic mass is 10.2. The van der Waals surface area contributed by atoms with Gasteiger partial charge in [-0.3, -0.25) is 0 Å². The van der Waals surface area contributed by atoms with Gasteiger partial charge in [0.25, 0.3) is 0 Å². The third-order valence-corrected chi connectivity index (χ3v) is 4.04. The van der Waals surface area contributed by atoms with Crippen molar-refractivity contribution in [3.63, 3.8) is 0 Å². The highest BCUT2D eigenvalue weighted by molar-refractivity contribution is 7.99. The van der Waals surface area contributed by atoms with E-state index in [0.29, 0.717) is 13.2 Å². The van der Waals surface area contributed by atoms with E-state index in [1.54, 1.807) is 16.4 Å². The van der Waals surface area contributed by atoms with Crippen LogP contribution in [0.25, 0.3) is 0 Å². The Labute approximate surface area is 152 Å². The molecule has 0 bridgehead atoms. The first kappa shape index (κ1) is 20.5. The van der Waals surface area contributed by atoms with Crippen LogP contribution in [0.4, 0.5) is 0 Å². The molecule has 134 valence electrons. The zero-order valence-corrected chi connectivity index (χ0v) is 15.8. The summed E-state index contributed by atoms with van der Waals surface area (Å²) in [6.07, 6.45) is 0. The maximum atomic E-state index is 5.64. The Bertz CT molecular complexity index is 611. The summed E-state index contributed by atoms with van der Waals surface area (Å²) in [5.41, 5.74) is 1.17. The van der Waals surface area contributed by atoms with Crippen molar-refractivity contribution in [2.45, 2.75) is 25.5 Å². The smallest absolute Gasteiger partial charge is 0.209 e. The number of halogens is 1. The topological polar surface area (TPSA) is 74.1 Å². The highest BCUT2D eigenvalue weighted by atomic mass is 35.5. The number of ether oxygens (including phenoxy) is 2. The van der Waals surface area contributed by atoms with Gasteiger partial charge in [0.1, 0.15) is 0 Å². The Kier molecular flexibility index (Phi) is 9.51. The number of rotatable bonds is 10. The van der Waals surface area contributed by atoms with E-state index in [-0.39, 0.29) is 12.4 Å². The van der Waals surface area contributed by atoms with Crippen molar-refractivity contribution < 1.29 is 9.47 Å². The number of aryl methyl sites for hydroxylation is 1. The van der Waals surface area contributed by atoms with Crippen LogP contribution in [-0.2, 0) is 13.6 Å². The van der Waals surface area contributed by atoms with Crippen molar-refractivity contribution in [3.05, 3.63) is 23.8 Å². The number of aromatic nitrogens is 4.